The van der Waals surface area contributed by atoms with Crippen LogP contribution in [0, 0.1) is 0 Å². The molecule has 0 radical (unpaired) electrons. The van der Waals surface area contributed by atoms with Crippen LogP contribution in [0.1, 0.15) is 27.0 Å². The zero-order valence-electron chi connectivity index (χ0n) is 17.3. The van der Waals surface area contributed by atoms with Crippen molar-refractivity contribution in [1.29, 1.82) is 0 Å². The standard InChI is InChI=1S/C25H20ClN3O3/c1-32-20-11-10-17(26)14-19(20)24(30)28-23-25(31)29-13-12-16-8-5-9-18(22(16)29)21(27-23)15-6-3-2-4-7-15/h2-11,14,23H,12-13H2,1H3,(H,28,30)/t23-/m0/s1. The molecule has 0 unspecified atom stereocenters. The van der Waals surface area contributed by atoms with Gasteiger partial charge in [0.1, 0.15) is 5.75 Å². The van der Waals surface area contributed by atoms with Crippen LogP contribution in [0.2, 0.25) is 5.02 Å². The van der Waals surface area contributed by atoms with E-state index in [0.717, 1.165) is 28.8 Å². The minimum atomic E-state index is -1.08. The molecule has 3 aromatic rings. The summed E-state index contributed by atoms with van der Waals surface area (Å²) in [5, 5.41) is 3.19. The molecule has 2 heterocycles. The van der Waals surface area contributed by atoms with Crippen LogP contribution in [0.15, 0.2) is 71.7 Å². The zero-order chi connectivity index (χ0) is 22.2. The topological polar surface area (TPSA) is 71.0 Å². The summed E-state index contributed by atoms with van der Waals surface area (Å²) in [5.41, 5.74) is 4.65. The summed E-state index contributed by atoms with van der Waals surface area (Å²) in [7, 11) is 1.48. The number of amides is 2. The number of methoxy groups -OCH3 is 1. The van der Waals surface area contributed by atoms with E-state index in [1.165, 1.54) is 13.2 Å². The second-order valence-corrected chi connectivity index (χ2v) is 8.05. The third-order valence-electron chi connectivity index (χ3n) is 5.73. The molecule has 1 atom stereocenters. The van der Waals surface area contributed by atoms with Crippen molar-refractivity contribution >= 4 is 34.8 Å². The van der Waals surface area contributed by atoms with Gasteiger partial charge in [-0.1, -0.05) is 60.1 Å². The van der Waals surface area contributed by atoms with E-state index in [9.17, 15) is 9.59 Å². The molecule has 32 heavy (non-hydrogen) atoms. The highest BCUT2D eigenvalue weighted by molar-refractivity contribution is 6.31. The third kappa shape index (κ3) is 3.42. The number of nitrogens with one attached hydrogen (secondary N) is 1. The first-order chi connectivity index (χ1) is 15.6. The summed E-state index contributed by atoms with van der Waals surface area (Å²) in [6.07, 6.45) is -0.320. The number of para-hydroxylation sites is 1. The van der Waals surface area contributed by atoms with Gasteiger partial charge >= 0.3 is 0 Å². The number of hydrogen-bond donors (Lipinski definition) is 1. The Balaban J connectivity index is 1.60. The van der Waals surface area contributed by atoms with Crippen LogP contribution >= 0.6 is 11.6 Å². The number of carbonyl (C=O) groups excluding carboxylic acids is 2. The molecular weight excluding hydrogens is 426 g/mol. The van der Waals surface area contributed by atoms with Crippen molar-refractivity contribution < 1.29 is 14.3 Å². The lowest BCUT2D eigenvalue weighted by Crippen LogP contribution is -2.47. The lowest BCUT2D eigenvalue weighted by Gasteiger charge is -2.21. The maximum atomic E-state index is 13.5. The molecule has 0 bridgehead atoms. The minimum Gasteiger partial charge on any atom is -0.496 e. The number of anilines is 1. The summed E-state index contributed by atoms with van der Waals surface area (Å²) in [4.78, 5) is 33.1. The van der Waals surface area contributed by atoms with E-state index in [1.54, 1.807) is 17.0 Å². The summed E-state index contributed by atoms with van der Waals surface area (Å²) in [5.74, 6) is -0.382. The number of rotatable bonds is 4. The first-order valence-corrected chi connectivity index (χ1v) is 10.7. The Bertz CT molecular complexity index is 1260. The molecule has 160 valence electrons. The van der Waals surface area contributed by atoms with Crippen molar-refractivity contribution in [3.63, 3.8) is 0 Å². The average molecular weight is 446 g/mol. The van der Waals surface area contributed by atoms with E-state index >= 15 is 0 Å². The molecule has 0 fully saturated rings. The molecule has 3 aromatic carbocycles. The number of benzene rings is 3. The minimum absolute atomic E-state index is 0.244. The molecule has 5 rings (SSSR count). The molecule has 0 spiro atoms. The van der Waals surface area contributed by atoms with Gasteiger partial charge in [0.25, 0.3) is 11.8 Å². The second-order valence-electron chi connectivity index (χ2n) is 7.62. The van der Waals surface area contributed by atoms with Crippen LogP contribution in [0.5, 0.6) is 5.75 Å². The Morgan fingerprint density at radius 3 is 2.72 bits per heavy atom. The average Bonchev–Trinajstić information content (AvgIpc) is 3.21. The molecule has 2 aliphatic heterocycles. The molecule has 2 aliphatic rings. The van der Waals surface area contributed by atoms with Crippen molar-refractivity contribution in [2.24, 2.45) is 4.99 Å². The van der Waals surface area contributed by atoms with Crippen LogP contribution in [0.3, 0.4) is 0 Å². The molecule has 0 aliphatic carbocycles. The quantitative estimate of drug-likeness (QED) is 0.663. The smallest absolute Gasteiger partial charge is 0.272 e. The van der Waals surface area contributed by atoms with Crippen molar-refractivity contribution in [1.82, 2.24) is 5.32 Å². The molecule has 7 heteroatoms. The number of nitrogens with zero attached hydrogens (tertiary/aromatic N) is 2. The fourth-order valence-corrected chi connectivity index (χ4v) is 4.42. The lowest BCUT2D eigenvalue weighted by atomic mass is 9.98. The van der Waals surface area contributed by atoms with Crippen molar-refractivity contribution in [3.8, 4) is 5.75 Å². The Kier molecular flexibility index (Phi) is 5.15. The van der Waals surface area contributed by atoms with Crippen molar-refractivity contribution in [2.75, 3.05) is 18.6 Å². The number of carbonyl (C=O) groups is 2. The predicted octanol–water partition coefficient (Wildman–Crippen LogP) is 3.84. The molecule has 0 saturated heterocycles. The first-order valence-electron chi connectivity index (χ1n) is 10.3. The van der Waals surface area contributed by atoms with E-state index < -0.39 is 12.1 Å². The van der Waals surface area contributed by atoms with E-state index in [0.29, 0.717) is 23.0 Å². The van der Waals surface area contributed by atoms with Gasteiger partial charge in [-0.05, 0) is 30.2 Å². The summed E-state index contributed by atoms with van der Waals surface area (Å²) >= 11 is 6.09. The van der Waals surface area contributed by atoms with Gasteiger partial charge in [0.15, 0.2) is 0 Å². The van der Waals surface area contributed by atoms with Gasteiger partial charge in [0.2, 0.25) is 6.17 Å². The molecule has 0 saturated carbocycles. The van der Waals surface area contributed by atoms with Gasteiger partial charge in [-0.15, -0.1) is 0 Å². The number of halogens is 1. The second kappa shape index (κ2) is 8.13. The number of ether oxygens (including phenoxy) is 1. The van der Waals surface area contributed by atoms with Gasteiger partial charge < -0.3 is 15.0 Å². The fourth-order valence-electron chi connectivity index (χ4n) is 4.25. The SMILES string of the molecule is COc1ccc(Cl)cc1C(=O)N[C@@H]1N=C(c2ccccc2)c2cccc3c2N(CC3)C1=O. The molecule has 0 aromatic heterocycles. The Morgan fingerprint density at radius 2 is 1.94 bits per heavy atom. The first kappa shape index (κ1) is 20.3. The predicted molar refractivity (Wildman–Crippen MR) is 124 cm³/mol. The third-order valence-corrected chi connectivity index (χ3v) is 5.96. The molecule has 1 N–H and O–H groups in total. The van der Waals surface area contributed by atoms with Gasteiger partial charge in [-0.25, -0.2) is 4.99 Å². The maximum absolute atomic E-state index is 13.5. The Hall–Kier alpha value is -3.64. The number of hydrogen-bond acceptors (Lipinski definition) is 4. The number of aliphatic imine (C=N–C) groups is 1. The van der Waals surface area contributed by atoms with E-state index in [4.69, 9.17) is 21.3 Å². The van der Waals surface area contributed by atoms with Crippen molar-refractivity contribution in [2.45, 2.75) is 12.6 Å². The summed E-state index contributed by atoms with van der Waals surface area (Å²) < 4.78 is 5.30. The van der Waals surface area contributed by atoms with E-state index in [-0.39, 0.29) is 11.5 Å². The van der Waals surface area contributed by atoms with E-state index in [2.05, 4.69) is 5.32 Å². The fraction of sp³-hybridized carbons (Fsp3) is 0.160. The zero-order valence-corrected chi connectivity index (χ0v) is 18.1. The normalized spacial score (nSPS) is 16.8. The van der Waals surface area contributed by atoms with Gasteiger partial charge in [-0.2, -0.15) is 0 Å². The Labute approximate surface area is 190 Å². The molecule has 2 amide bonds. The Morgan fingerprint density at radius 1 is 1.12 bits per heavy atom. The summed E-state index contributed by atoms with van der Waals surface area (Å²) in [6, 6.07) is 20.4. The highest BCUT2D eigenvalue weighted by atomic mass is 35.5. The largest absolute Gasteiger partial charge is 0.496 e. The highest BCUT2D eigenvalue weighted by Crippen LogP contribution is 2.36. The molecule has 6 nitrogen and oxygen atoms in total. The van der Waals surface area contributed by atoms with Crippen LogP contribution in [0.4, 0.5) is 5.69 Å². The van der Waals surface area contributed by atoms with Crippen molar-refractivity contribution in [3.05, 3.63) is 94.0 Å². The van der Waals surface area contributed by atoms with E-state index in [1.807, 2.05) is 48.5 Å². The highest BCUT2D eigenvalue weighted by Gasteiger charge is 2.37. The van der Waals surface area contributed by atoms with Crippen LogP contribution in [-0.2, 0) is 11.2 Å². The van der Waals surface area contributed by atoms with Crippen LogP contribution in [-0.4, -0.2) is 37.3 Å². The summed E-state index contributed by atoms with van der Waals surface area (Å²) in [6.45, 7) is 0.551. The monoisotopic (exact) mass is 445 g/mol. The van der Waals surface area contributed by atoms with Gasteiger partial charge in [0.05, 0.1) is 24.1 Å². The van der Waals surface area contributed by atoms with Gasteiger partial charge in [-0.3, -0.25) is 9.59 Å². The lowest BCUT2D eigenvalue weighted by molar-refractivity contribution is -0.120. The van der Waals surface area contributed by atoms with Crippen LogP contribution in [0.25, 0.3) is 0 Å². The maximum Gasteiger partial charge on any atom is 0.272 e. The molecular formula is C25H20ClN3O3. The van der Waals surface area contributed by atoms with Gasteiger partial charge in [0, 0.05) is 22.7 Å². The van der Waals surface area contributed by atoms with Crippen LogP contribution < -0.4 is 15.0 Å².